The van der Waals surface area contributed by atoms with E-state index in [9.17, 15) is 4.39 Å². The van der Waals surface area contributed by atoms with E-state index in [-0.39, 0.29) is 35.8 Å². The summed E-state index contributed by atoms with van der Waals surface area (Å²) in [7, 11) is 1.74. The van der Waals surface area contributed by atoms with E-state index in [0.29, 0.717) is 24.0 Å². The summed E-state index contributed by atoms with van der Waals surface area (Å²) in [6.45, 7) is 1.25. The molecule has 1 unspecified atom stereocenters. The third-order valence-electron chi connectivity index (χ3n) is 4.64. The van der Waals surface area contributed by atoms with Gasteiger partial charge in [-0.1, -0.05) is 0 Å². The maximum absolute atomic E-state index is 13.0. The van der Waals surface area contributed by atoms with Gasteiger partial charge in [0.2, 0.25) is 0 Å². The Morgan fingerprint density at radius 2 is 2.07 bits per heavy atom. The van der Waals surface area contributed by atoms with Crippen molar-refractivity contribution in [3.63, 3.8) is 0 Å². The average Bonchev–Trinajstić information content (AvgIpc) is 3.21. The quantitative estimate of drug-likeness (QED) is 0.304. The van der Waals surface area contributed by atoms with Gasteiger partial charge in [0, 0.05) is 31.8 Å². The van der Waals surface area contributed by atoms with Crippen molar-refractivity contribution in [1.29, 1.82) is 0 Å². The molecule has 0 saturated heterocycles. The summed E-state index contributed by atoms with van der Waals surface area (Å²) >= 11 is 0. The number of benzene rings is 1. The first kappa shape index (κ1) is 21.9. The van der Waals surface area contributed by atoms with E-state index < -0.39 is 0 Å². The molecule has 1 atom stereocenters. The van der Waals surface area contributed by atoms with Crippen LogP contribution in [-0.2, 0) is 19.5 Å². The maximum Gasteiger partial charge on any atom is 0.191 e. The monoisotopic (exact) mass is 523 g/mol. The van der Waals surface area contributed by atoms with Crippen molar-refractivity contribution < 1.29 is 9.13 Å². The van der Waals surface area contributed by atoms with Crippen LogP contribution >= 0.6 is 24.0 Å². The maximum atomic E-state index is 13.0. The van der Waals surface area contributed by atoms with Crippen molar-refractivity contribution in [1.82, 2.24) is 30.4 Å². The summed E-state index contributed by atoms with van der Waals surface area (Å²) in [5, 5.41) is 10.9. The van der Waals surface area contributed by atoms with E-state index in [1.165, 1.54) is 12.1 Å². The number of nitrogens with one attached hydrogen (secondary N) is 2. The van der Waals surface area contributed by atoms with Gasteiger partial charge in [-0.25, -0.2) is 14.1 Å². The molecule has 0 bridgehead atoms. The number of aromatic nitrogens is 4. The van der Waals surface area contributed by atoms with Crippen LogP contribution in [0.2, 0.25) is 0 Å². The number of aryl methyl sites for hydroxylation is 1. The fourth-order valence-corrected chi connectivity index (χ4v) is 3.17. The molecule has 30 heavy (non-hydrogen) atoms. The Morgan fingerprint density at radius 1 is 1.23 bits per heavy atom. The van der Waals surface area contributed by atoms with Gasteiger partial charge in [-0.05, 0) is 36.8 Å². The first-order valence-corrected chi connectivity index (χ1v) is 9.42. The normalized spacial score (nSPS) is 15.7. The lowest BCUT2D eigenvalue weighted by atomic mass is 10.1. The van der Waals surface area contributed by atoms with Gasteiger partial charge in [-0.3, -0.25) is 9.98 Å². The lowest BCUT2D eigenvalue weighted by Gasteiger charge is -2.25. The molecule has 0 spiro atoms. The Kier molecular flexibility index (Phi) is 7.55. The van der Waals surface area contributed by atoms with Gasteiger partial charge >= 0.3 is 0 Å². The molecule has 0 saturated carbocycles. The number of guanidine groups is 1. The van der Waals surface area contributed by atoms with Gasteiger partial charge in [0.15, 0.2) is 5.96 Å². The lowest BCUT2D eigenvalue weighted by Crippen LogP contribution is -2.46. The molecule has 0 aliphatic carbocycles. The van der Waals surface area contributed by atoms with Gasteiger partial charge in [-0.2, -0.15) is 5.10 Å². The SMILES string of the molecule is CN=C(NCc1cc(Oc2ccc(F)cc2)ccn1)NC1CCc2ncnn2C1.I. The molecule has 1 aromatic carbocycles. The molecule has 3 aromatic rings. The molecule has 2 N–H and O–H groups in total. The predicted molar refractivity (Wildman–Crippen MR) is 122 cm³/mol. The van der Waals surface area contributed by atoms with Gasteiger partial charge in [0.05, 0.1) is 18.8 Å². The number of aliphatic imine (C=N–C) groups is 1. The number of nitrogens with zero attached hydrogens (tertiary/aromatic N) is 5. The highest BCUT2D eigenvalue weighted by Crippen LogP contribution is 2.21. The molecule has 1 aliphatic rings. The van der Waals surface area contributed by atoms with E-state index in [0.717, 1.165) is 30.9 Å². The topological polar surface area (TPSA) is 89.2 Å². The molecule has 1 aliphatic heterocycles. The number of pyridine rings is 1. The van der Waals surface area contributed by atoms with Crippen LogP contribution in [0.1, 0.15) is 17.9 Å². The van der Waals surface area contributed by atoms with E-state index in [2.05, 4.69) is 30.7 Å². The summed E-state index contributed by atoms with van der Waals surface area (Å²) in [4.78, 5) is 12.9. The molecule has 8 nitrogen and oxygen atoms in total. The summed E-state index contributed by atoms with van der Waals surface area (Å²) in [5.74, 6) is 2.63. The molecule has 0 radical (unpaired) electrons. The lowest BCUT2D eigenvalue weighted by molar-refractivity contribution is 0.392. The number of hydrogen-bond donors (Lipinski definition) is 2. The Morgan fingerprint density at radius 3 is 2.87 bits per heavy atom. The molecular weight excluding hydrogens is 500 g/mol. The second-order valence-electron chi connectivity index (χ2n) is 6.70. The third kappa shape index (κ3) is 5.65. The minimum atomic E-state index is -0.297. The van der Waals surface area contributed by atoms with E-state index in [1.807, 2.05) is 10.7 Å². The van der Waals surface area contributed by atoms with Crippen molar-refractivity contribution in [2.24, 2.45) is 4.99 Å². The second kappa shape index (κ2) is 10.3. The van der Waals surface area contributed by atoms with E-state index in [4.69, 9.17) is 4.74 Å². The van der Waals surface area contributed by atoms with Crippen LogP contribution < -0.4 is 15.4 Å². The standard InChI is InChI=1S/C20H22FN7O.HI/c1-22-20(27-15-4-7-19-25-13-26-28(19)12-15)24-11-16-10-18(8-9-23-16)29-17-5-2-14(21)3-6-17;/h2-3,5-6,8-10,13,15H,4,7,11-12H2,1H3,(H2,22,24,27);1H. The highest BCUT2D eigenvalue weighted by atomic mass is 127. The zero-order chi connectivity index (χ0) is 20.1. The number of halogens is 2. The zero-order valence-corrected chi connectivity index (χ0v) is 18.8. The molecule has 4 rings (SSSR count). The smallest absolute Gasteiger partial charge is 0.191 e. The van der Waals surface area contributed by atoms with Crippen LogP contribution in [-0.4, -0.2) is 38.8 Å². The highest BCUT2D eigenvalue weighted by molar-refractivity contribution is 14.0. The fraction of sp³-hybridized carbons (Fsp3) is 0.300. The Hall–Kier alpha value is -2.76. The molecule has 158 valence electrons. The molecule has 3 heterocycles. The van der Waals surface area contributed by atoms with E-state index in [1.54, 1.807) is 37.8 Å². The van der Waals surface area contributed by atoms with Crippen LogP contribution in [0.15, 0.2) is 53.9 Å². The average molecular weight is 523 g/mol. The number of hydrogen-bond acceptors (Lipinski definition) is 5. The molecule has 0 fully saturated rings. The second-order valence-corrected chi connectivity index (χ2v) is 6.70. The summed E-state index contributed by atoms with van der Waals surface area (Å²) < 4.78 is 20.7. The summed E-state index contributed by atoms with van der Waals surface area (Å²) in [5.41, 5.74) is 0.801. The third-order valence-corrected chi connectivity index (χ3v) is 4.64. The molecule has 0 amide bonds. The fourth-order valence-electron chi connectivity index (χ4n) is 3.17. The van der Waals surface area contributed by atoms with Crippen LogP contribution in [0.4, 0.5) is 4.39 Å². The molecule has 2 aromatic heterocycles. The van der Waals surface area contributed by atoms with Crippen LogP contribution in [0.5, 0.6) is 11.5 Å². The van der Waals surface area contributed by atoms with Crippen LogP contribution in [0.25, 0.3) is 0 Å². The zero-order valence-electron chi connectivity index (χ0n) is 16.5. The first-order chi connectivity index (χ1) is 14.2. The van der Waals surface area contributed by atoms with Gasteiger partial charge in [0.25, 0.3) is 0 Å². The summed E-state index contributed by atoms with van der Waals surface area (Å²) in [6, 6.07) is 9.74. The summed E-state index contributed by atoms with van der Waals surface area (Å²) in [6.07, 6.45) is 5.13. The number of rotatable bonds is 5. The van der Waals surface area contributed by atoms with E-state index >= 15 is 0 Å². The predicted octanol–water partition coefficient (Wildman–Crippen LogP) is 2.90. The largest absolute Gasteiger partial charge is 0.457 e. The van der Waals surface area contributed by atoms with Crippen molar-refractivity contribution in [2.45, 2.75) is 32.0 Å². The van der Waals surface area contributed by atoms with Crippen molar-refractivity contribution in [2.75, 3.05) is 7.05 Å². The van der Waals surface area contributed by atoms with Gasteiger partial charge < -0.3 is 15.4 Å². The highest BCUT2D eigenvalue weighted by Gasteiger charge is 2.20. The Balaban J connectivity index is 0.00000256. The van der Waals surface area contributed by atoms with Crippen molar-refractivity contribution in [3.05, 3.63) is 66.3 Å². The number of fused-ring (bicyclic) bond motifs is 1. The van der Waals surface area contributed by atoms with Gasteiger partial charge in [0.1, 0.15) is 29.5 Å². The first-order valence-electron chi connectivity index (χ1n) is 9.42. The Labute approximate surface area is 191 Å². The van der Waals surface area contributed by atoms with Crippen molar-refractivity contribution >= 4 is 29.9 Å². The van der Waals surface area contributed by atoms with Crippen LogP contribution in [0.3, 0.4) is 0 Å². The minimum Gasteiger partial charge on any atom is -0.457 e. The Bertz CT molecular complexity index is 993. The van der Waals surface area contributed by atoms with Gasteiger partial charge in [-0.15, -0.1) is 24.0 Å². The number of ether oxygens (including phenoxy) is 1. The molecular formula is C20H23FIN7O. The van der Waals surface area contributed by atoms with Crippen LogP contribution in [0, 0.1) is 5.82 Å². The molecule has 10 heteroatoms. The minimum absolute atomic E-state index is 0. The van der Waals surface area contributed by atoms with Crippen molar-refractivity contribution in [3.8, 4) is 11.5 Å².